The molecule has 0 saturated carbocycles. The third kappa shape index (κ3) is 78.5. The number of unbranched alkanes of at least 4 members (excludes halogenated alkanes) is 56. The average molecular weight is 1340 g/mol. The summed E-state index contributed by atoms with van der Waals surface area (Å²) in [6.45, 7) is 4.94. The van der Waals surface area contributed by atoms with Crippen LogP contribution in [0, 0.1) is 0 Å². The van der Waals surface area contributed by atoms with Crippen molar-refractivity contribution < 1.29 is 42.9 Å². The Bertz CT molecular complexity index is 1700. The summed E-state index contributed by atoms with van der Waals surface area (Å²) in [6, 6.07) is 0. The number of quaternary nitrogens is 1. The van der Waals surface area contributed by atoms with Crippen LogP contribution in [0.25, 0.3) is 0 Å². The Morgan fingerprint density at radius 1 is 0.316 bits per heavy atom. The van der Waals surface area contributed by atoms with Crippen molar-refractivity contribution in [2.45, 2.75) is 437 Å². The zero-order valence-corrected chi connectivity index (χ0v) is 64.1. The van der Waals surface area contributed by atoms with E-state index in [2.05, 4.69) is 62.5 Å². The van der Waals surface area contributed by atoms with E-state index >= 15 is 0 Å². The van der Waals surface area contributed by atoms with E-state index in [-0.39, 0.29) is 38.2 Å². The van der Waals surface area contributed by atoms with Gasteiger partial charge in [0.05, 0.1) is 34.4 Å². The van der Waals surface area contributed by atoms with Crippen LogP contribution in [0.3, 0.4) is 0 Å². The Morgan fingerprint density at radius 3 is 0.853 bits per heavy atom. The maximum atomic E-state index is 13.0. The average Bonchev–Trinajstić information content (AvgIpc) is 2.86. The van der Waals surface area contributed by atoms with Crippen LogP contribution in [0.4, 0.5) is 0 Å². The van der Waals surface area contributed by atoms with E-state index in [9.17, 15) is 19.5 Å². The van der Waals surface area contributed by atoms with Gasteiger partial charge in [0.1, 0.15) is 13.2 Å². The summed E-state index contributed by atoms with van der Waals surface area (Å²) in [4.78, 5) is 37.7. The van der Waals surface area contributed by atoms with Crippen molar-refractivity contribution in [2.75, 3.05) is 47.5 Å². The maximum absolute atomic E-state index is 13.0. The molecule has 0 heterocycles. The largest absolute Gasteiger partial charge is 0.477 e. The summed E-state index contributed by atoms with van der Waals surface area (Å²) < 4.78 is 23.1. The molecule has 1 N–H and O–H groups in total. The van der Waals surface area contributed by atoms with Crippen molar-refractivity contribution >= 4 is 17.9 Å². The fourth-order valence-corrected chi connectivity index (χ4v) is 12.7. The SMILES string of the molecule is CCCCCCC/C=C\C/C=C\C/C=C\CCCCCCCCCCCCCCCCC(=O)OC(COC(=O)CCCCCCCCCCCCCCCCCCCCCCCCCCCCCCC/C=C\CCCCCCCCCC)COC(OCC[N+](C)(C)C)C(=O)O. The van der Waals surface area contributed by atoms with Crippen molar-refractivity contribution in [3.8, 4) is 0 Å². The molecule has 95 heavy (non-hydrogen) atoms. The Hall–Kier alpha value is -2.75. The first kappa shape index (κ1) is 92.2. The summed E-state index contributed by atoms with van der Waals surface area (Å²) in [5.74, 6) is -1.98. The van der Waals surface area contributed by atoms with Gasteiger partial charge >= 0.3 is 17.9 Å². The highest BCUT2D eigenvalue weighted by Gasteiger charge is 2.25. The molecule has 2 atom stereocenters. The summed E-state index contributed by atoms with van der Waals surface area (Å²) >= 11 is 0. The van der Waals surface area contributed by atoms with Gasteiger partial charge in [-0.3, -0.25) is 9.59 Å². The second-order valence-electron chi connectivity index (χ2n) is 29.8. The lowest BCUT2D eigenvalue weighted by molar-refractivity contribution is -0.870. The molecule has 9 nitrogen and oxygen atoms in total. The smallest absolute Gasteiger partial charge is 0.361 e. The van der Waals surface area contributed by atoms with E-state index in [1.54, 1.807) is 0 Å². The summed E-state index contributed by atoms with van der Waals surface area (Å²) in [5.41, 5.74) is 0. The topological polar surface area (TPSA) is 108 Å². The summed E-state index contributed by atoms with van der Waals surface area (Å²) in [5, 5.41) is 9.78. The lowest BCUT2D eigenvalue weighted by Crippen LogP contribution is -2.40. The molecule has 0 aliphatic heterocycles. The molecule has 558 valence electrons. The number of esters is 2. The summed E-state index contributed by atoms with van der Waals surface area (Å²) in [6.07, 6.45) is 98.6. The molecule has 0 fully saturated rings. The standard InChI is InChI=1S/C86H161NO8/c1-6-8-10-12-14-16-18-20-22-24-26-28-30-32-34-36-37-38-39-40-41-42-43-44-45-46-47-49-50-52-54-56-58-60-62-64-66-68-70-72-74-76-83(88)93-80-82(81-94-86(85(90)91)92-79-78-87(3,4)5)95-84(89)77-75-73-71-69-67-65-63-61-59-57-55-53-51-48-35-33-31-29-27-25-23-21-19-17-15-13-11-9-7-2/h19,21,24-27,31,33,82,86H,6-18,20,22-23,28-30,32,34-81H2,1-5H3/p+1/b21-19-,26-24-,27-25-,33-31-. The number of carboxylic acids is 1. The Kier molecular flexibility index (Phi) is 74.8. The minimum absolute atomic E-state index is 0.177. The van der Waals surface area contributed by atoms with E-state index in [4.69, 9.17) is 18.9 Å². The van der Waals surface area contributed by atoms with Crippen molar-refractivity contribution in [3.63, 3.8) is 0 Å². The minimum atomic E-state index is -1.51. The number of ether oxygens (including phenoxy) is 4. The van der Waals surface area contributed by atoms with Crippen LogP contribution < -0.4 is 0 Å². The normalized spacial score (nSPS) is 12.8. The molecule has 0 aromatic rings. The lowest BCUT2D eigenvalue weighted by atomic mass is 10.0. The van der Waals surface area contributed by atoms with Crippen LogP contribution in [0.5, 0.6) is 0 Å². The van der Waals surface area contributed by atoms with Crippen molar-refractivity contribution in [1.29, 1.82) is 0 Å². The quantitative estimate of drug-likeness (QED) is 0.0211. The van der Waals surface area contributed by atoms with Crippen LogP contribution in [-0.4, -0.2) is 87.4 Å². The fraction of sp³-hybridized carbons (Fsp3) is 0.872. The van der Waals surface area contributed by atoms with Gasteiger partial charge in [-0.25, -0.2) is 4.79 Å². The van der Waals surface area contributed by atoms with Crippen molar-refractivity contribution in [2.24, 2.45) is 0 Å². The first-order chi connectivity index (χ1) is 46.6. The first-order valence-electron chi connectivity index (χ1n) is 41.8. The van der Waals surface area contributed by atoms with Crippen molar-refractivity contribution in [3.05, 3.63) is 48.6 Å². The lowest BCUT2D eigenvalue weighted by Gasteiger charge is -2.25. The number of rotatable bonds is 79. The number of carboxylic acid groups (broad SMARTS) is 1. The molecule has 0 rings (SSSR count). The van der Waals surface area contributed by atoms with Crippen LogP contribution in [0.2, 0.25) is 0 Å². The number of nitrogens with zero attached hydrogens (tertiary/aromatic N) is 1. The minimum Gasteiger partial charge on any atom is -0.477 e. The van der Waals surface area contributed by atoms with Gasteiger partial charge in [0, 0.05) is 12.8 Å². The van der Waals surface area contributed by atoms with E-state index in [1.165, 1.54) is 347 Å². The van der Waals surface area contributed by atoms with Gasteiger partial charge < -0.3 is 28.5 Å². The molecule has 0 aliphatic rings. The second-order valence-corrected chi connectivity index (χ2v) is 29.8. The van der Waals surface area contributed by atoms with E-state index in [0.29, 0.717) is 17.4 Å². The monoisotopic (exact) mass is 1340 g/mol. The molecule has 0 aliphatic carbocycles. The fourth-order valence-electron chi connectivity index (χ4n) is 12.7. The van der Waals surface area contributed by atoms with Gasteiger partial charge in [-0.2, -0.15) is 0 Å². The third-order valence-electron chi connectivity index (χ3n) is 19.1. The van der Waals surface area contributed by atoms with Gasteiger partial charge in [0.25, 0.3) is 6.29 Å². The number of hydrogen-bond acceptors (Lipinski definition) is 7. The third-order valence-corrected chi connectivity index (χ3v) is 19.1. The Morgan fingerprint density at radius 2 is 0.568 bits per heavy atom. The molecule has 0 aromatic heterocycles. The molecule has 0 bridgehead atoms. The van der Waals surface area contributed by atoms with E-state index in [1.807, 2.05) is 21.1 Å². The Labute approximate surface area is 591 Å². The van der Waals surface area contributed by atoms with Crippen molar-refractivity contribution in [1.82, 2.24) is 0 Å². The van der Waals surface area contributed by atoms with E-state index in [0.717, 1.165) is 51.4 Å². The molecule has 2 unspecified atom stereocenters. The molecule has 9 heteroatoms. The van der Waals surface area contributed by atoms with Crippen LogP contribution in [-0.2, 0) is 33.3 Å². The number of hydrogen-bond donors (Lipinski definition) is 1. The highest BCUT2D eigenvalue weighted by atomic mass is 16.7. The van der Waals surface area contributed by atoms with E-state index < -0.39 is 18.4 Å². The number of carbonyl (C=O) groups is 3. The van der Waals surface area contributed by atoms with Gasteiger partial charge in [-0.05, 0) is 77.0 Å². The van der Waals surface area contributed by atoms with Gasteiger partial charge in [0.2, 0.25) is 0 Å². The van der Waals surface area contributed by atoms with Crippen LogP contribution in [0.15, 0.2) is 48.6 Å². The molecule has 0 spiro atoms. The Balaban J connectivity index is 3.92. The van der Waals surface area contributed by atoms with Crippen LogP contribution >= 0.6 is 0 Å². The molecule has 0 amide bonds. The van der Waals surface area contributed by atoms with Gasteiger partial charge in [-0.1, -0.05) is 383 Å². The molecule has 0 saturated heterocycles. The molecule has 0 radical (unpaired) electrons. The second kappa shape index (κ2) is 77.0. The predicted octanol–water partition coefficient (Wildman–Crippen LogP) is 26.8. The highest BCUT2D eigenvalue weighted by Crippen LogP contribution is 2.20. The number of allylic oxidation sites excluding steroid dienone is 8. The molecular weight excluding hydrogens is 1170 g/mol. The number of carbonyl (C=O) groups excluding carboxylic acids is 2. The number of likely N-dealkylation sites (N-methyl/N-ethyl adjacent to an activating group) is 1. The van der Waals surface area contributed by atoms with Crippen LogP contribution in [0.1, 0.15) is 425 Å². The predicted molar refractivity (Wildman–Crippen MR) is 410 cm³/mol. The van der Waals surface area contributed by atoms with Gasteiger partial charge in [0.15, 0.2) is 6.10 Å². The molecule has 0 aromatic carbocycles. The number of aliphatic carboxylic acids is 1. The maximum Gasteiger partial charge on any atom is 0.361 e. The zero-order chi connectivity index (χ0) is 69.0. The zero-order valence-electron chi connectivity index (χ0n) is 64.1. The first-order valence-corrected chi connectivity index (χ1v) is 41.8. The van der Waals surface area contributed by atoms with Gasteiger partial charge in [-0.15, -0.1) is 0 Å². The highest BCUT2D eigenvalue weighted by molar-refractivity contribution is 5.71. The molecular formula is C86H162NO8+. The summed E-state index contributed by atoms with van der Waals surface area (Å²) in [7, 11) is 6.00.